The molecule has 3 nitrogen and oxygen atoms in total. The number of carbonyl (C=O) groups is 1. The van der Waals surface area contributed by atoms with E-state index < -0.39 is 11.7 Å². The topological polar surface area (TPSA) is 38.3 Å². The molecule has 0 radical (unpaired) electrons. The number of halogens is 3. The minimum Gasteiger partial charge on any atom is -0.490 e. The van der Waals surface area contributed by atoms with Gasteiger partial charge >= 0.3 is 6.18 Å². The number of ether oxygens (including phenoxy) is 1. The van der Waals surface area contributed by atoms with Crippen LogP contribution in [0.25, 0.3) is 0 Å². The summed E-state index contributed by atoms with van der Waals surface area (Å²) >= 11 is 0. The Morgan fingerprint density at radius 1 is 1.27 bits per heavy atom. The molecule has 1 fully saturated rings. The molecule has 1 amide bonds. The minimum absolute atomic E-state index is 0.0758. The molecule has 0 heterocycles. The first kappa shape index (κ1) is 16.4. The van der Waals surface area contributed by atoms with Crippen molar-refractivity contribution in [1.29, 1.82) is 0 Å². The summed E-state index contributed by atoms with van der Waals surface area (Å²) in [6.45, 7) is 3.40. The van der Waals surface area contributed by atoms with Gasteiger partial charge in [0.25, 0.3) is 0 Å². The zero-order valence-electron chi connectivity index (χ0n) is 12.0. The molecule has 2 rings (SSSR count). The monoisotopic (exact) mass is 313 g/mol. The number of hydrogen-bond acceptors (Lipinski definition) is 2. The van der Waals surface area contributed by atoms with Crippen molar-refractivity contribution in [3.05, 3.63) is 42.5 Å². The summed E-state index contributed by atoms with van der Waals surface area (Å²) in [5.74, 6) is 0.0237. The third kappa shape index (κ3) is 4.51. The number of carbonyl (C=O) groups excluding carboxylic acids is 1. The van der Waals surface area contributed by atoms with Gasteiger partial charge in [-0.05, 0) is 50.0 Å². The lowest BCUT2D eigenvalue weighted by Gasteiger charge is -2.29. The maximum atomic E-state index is 12.6. The first-order valence-corrected chi connectivity index (χ1v) is 7.15. The maximum Gasteiger partial charge on any atom is 0.416 e. The Balaban J connectivity index is 1.88. The smallest absolute Gasteiger partial charge is 0.416 e. The van der Waals surface area contributed by atoms with E-state index in [0.29, 0.717) is 12.8 Å². The summed E-state index contributed by atoms with van der Waals surface area (Å²) in [6.07, 6.45) is -0.402. The molecule has 1 N–H and O–H groups in total. The molecule has 1 aromatic carbocycles. The summed E-state index contributed by atoms with van der Waals surface area (Å²) in [7, 11) is 0. The Morgan fingerprint density at radius 3 is 2.55 bits per heavy atom. The van der Waals surface area contributed by atoms with E-state index in [0.717, 1.165) is 25.0 Å². The van der Waals surface area contributed by atoms with Gasteiger partial charge in [0.2, 0.25) is 5.91 Å². The van der Waals surface area contributed by atoms with Crippen LogP contribution in [-0.2, 0) is 11.0 Å². The van der Waals surface area contributed by atoms with E-state index in [1.54, 1.807) is 0 Å². The molecule has 22 heavy (non-hydrogen) atoms. The quantitative estimate of drug-likeness (QED) is 0.861. The Hall–Kier alpha value is -1.98. The summed E-state index contributed by atoms with van der Waals surface area (Å²) in [6, 6.07) is 4.99. The fourth-order valence-electron chi connectivity index (χ4n) is 2.52. The van der Waals surface area contributed by atoms with Crippen LogP contribution in [0.2, 0.25) is 0 Å². The lowest BCUT2D eigenvalue weighted by molar-refractivity contribution is -0.137. The largest absolute Gasteiger partial charge is 0.490 e. The fraction of sp³-hybridized carbons (Fsp3) is 0.438. The predicted molar refractivity (Wildman–Crippen MR) is 76.5 cm³/mol. The third-order valence-electron chi connectivity index (χ3n) is 3.67. The van der Waals surface area contributed by atoms with Crippen LogP contribution < -0.4 is 10.1 Å². The molecule has 0 saturated heterocycles. The van der Waals surface area contributed by atoms with Crippen LogP contribution in [0.1, 0.15) is 31.2 Å². The van der Waals surface area contributed by atoms with Crippen molar-refractivity contribution in [2.75, 3.05) is 0 Å². The van der Waals surface area contributed by atoms with Crippen molar-refractivity contribution in [3.8, 4) is 5.75 Å². The van der Waals surface area contributed by atoms with Gasteiger partial charge in [0.1, 0.15) is 5.75 Å². The van der Waals surface area contributed by atoms with E-state index in [4.69, 9.17) is 4.74 Å². The molecule has 6 heteroatoms. The van der Waals surface area contributed by atoms with Crippen LogP contribution >= 0.6 is 0 Å². The molecular formula is C16H18F3NO2. The molecule has 0 aliphatic heterocycles. The van der Waals surface area contributed by atoms with E-state index in [9.17, 15) is 18.0 Å². The molecule has 0 spiro atoms. The SMILES string of the molecule is C=CC(=O)NC1CCC(Oc2cccc(C(F)(F)F)c2)CC1. The second-order valence-corrected chi connectivity index (χ2v) is 5.33. The first-order valence-electron chi connectivity index (χ1n) is 7.15. The van der Waals surface area contributed by atoms with Gasteiger partial charge in [-0.3, -0.25) is 4.79 Å². The van der Waals surface area contributed by atoms with Crippen LogP contribution in [0.5, 0.6) is 5.75 Å². The van der Waals surface area contributed by atoms with Gasteiger partial charge in [0.15, 0.2) is 0 Å². The summed E-state index contributed by atoms with van der Waals surface area (Å²) in [4.78, 5) is 11.2. The Morgan fingerprint density at radius 2 is 1.95 bits per heavy atom. The second kappa shape index (κ2) is 6.85. The number of benzene rings is 1. The van der Waals surface area contributed by atoms with E-state index in [2.05, 4.69) is 11.9 Å². The summed E-state index contributed by atoms with van der Waals surface area (Å²) in [5, 5.41) is 2.82. The lowest BCUT2D eigenvalue weighted by Crippen LogP contribution is -2.38. The van der Waals surface area contributed by atoms with E-state index in [-0.39, 0.29) is 23.8 Å². The van der Waals surface area contributed by atoms with E-state index >= 15 is 0 Å². The van der Waals surface area contributed by atoms with Gasteiger partial charge in [0, 0.05) is 6.04 Å². The molecular weight excluding hydrogens is 295 g/mol. The Labute approximate surface area is 127 Å². The molecule has 0 unspecified atom stereocenters. The van der Waals surface area contributed by atoms with Crippen LogP contribution in [0, 0.1) is 0 Å². The lowest BCUT2D eigenvalue weighted by atomic mass is 9.93. The highest BCUT2D eigenvalue weighted by Gasteiger charge is 2.31. The normalized spacial score (nSPS) is 22.0. The fourth-order valence-corrected chi connectivity index (χ4v) is 2.52. The van der Waals surface area contributed by atoms with E-state index in [1.165, 1.54) is 18.2 Å². The van der Waals surface area contributed by atoms with Crippen molar-refractivity contribution in [3.63, 3.8) is 0 Å². The van der Waals surface area contributed by atoms with Crippen molar-refractivity contribution in [1.82, 2.24) is 5.32 Å². The predicted octanol–water partition coefficient (Wildman–Crippen LogP) is 3.70. The minimum atomic E-state index is -4.37. The average molecular weight is 313 g/mol. The van der Waals surface area contributed by atoms with Crippen LogP contribution in [0.4, 0.5) is 13.2 Å². The van der Waals surface area contributed by atoms with Crippen molar-refractivity contribution < 1.29 is 22.7 Å². The number of rotatable bonds is 4. The van der Waals surface area contributed by atoms with Crippen molar-refractivity contribution >= 4 is 5.91 Å². The highest BCUT2D eigenvalue weighted by atomic mass is 19.4. The number of amides is 1. The summed E-state index contributed by atoms with van der Waals surface area (Å²) in [5.41, 5.74) is -0.711. The zero-order chi connectivity index (χ0) is 16.2. The standard InChI is InChI=1S/C16H18F3NO2/c1-2-15(21)20-12-6-8-13(9-7-12)22-14-5-3-4-11(10-14)16(17,18)19/h2-5,10,12-13H,1,6-9H2,(H,20,21). The molecule has 0 aromatic heterocycles. The molecule has 120 valence electrons. The van der Waals surface area contributed by atoms with Crippen LogP contribution in [-0.4, -0.2) is 18.1 Å². The van der Waals surface area contributed by atoms with Gasteiger partial charge < -0.3 is 10.1 Å². The van der Waals surface area contributed by atoms with Gasteiger partial charge in [-0.25, -0.2) is 0 Å². The van der Waals surface area contributed by atoms with Crippen LogP contribution in [0.3, 0.4) is 0 Å². The van der Waals surface area contributed by atoms with E-state index in [1.807, 2.05) is 0 Å². The van der Waals surface area contributed by atoms with Gasteiger partial charge in [-0.2, -0.15) is 13.2 Å². The molecule has 1 saturated carbocycles. The third-order valence-corrected chi connectivity index (χ3v) is 3.67. The second-order valence-electron chi connectivity index (χ2n) is 5.33. The Bertz CT molecular complexity index is 534. The van der Waals surface area contributed by atoms with Gasteiger partial charge in [0.05, 0.1) is 11.7 Å². The number of alkyl halides is 3. The molecule has 0 bridgehead atoms. The number of nitrogens with one attached hydrogen (secondary N) is 1. The molecule has 1 aromatic rings. The van der Waals surface area contributed by atoms with Crippen LogP contribution in [0.15, 0.2) is 36.9 Å². The Kier molecular flexibility index (Phi) is 5.11. The highest BCUT2D eigenvalue weighted by molar-refractivity contribution is 5.87. The molecule has 1 aliphatic carbocycles. The zero-order valence-corrected chi connectivity index (χ0v) is 12.0. The molecule has 0 atom stereocenters. The highest BCUT2D eigenvalue weighted by Crippen LogP contribution is 2.32. The van der Waals surface area contributed by atoms with Crippen molar-refractivity contribution in [2.24, 2.45) is 0 Å². The average Bonchev–Trinajstić information content (AvgIpc) is 2.48. The number of hydrogen-bond donors (Lipinski definition) is 1. The van der Waals surface area contributed by atoms with Gasteiger partial charge in [-0.15, -0.1) is 0 Å². The summed E-state index contributed by atoms with van der Waals surface area (Å²) < 4.78 is 43.6. The first-order chi connectivity index (χ1) is 10.4. The van der Waals surface area contributed by atoms with Gasteiger partial charge in [-0.1, -0.05) is 12.6 Å². The van der Waals surface area contributed by atoms with Crippen molar-refractivity contribution in [2.45, 2.75) is 44.0 Å². The maximum absolute atomic E-state index is 12.6. The molecule has 1 aliphatic rings.